The molecule has 2 aromatic carbocycles. The average molecular weight is 216 g/mol. The molecule has 3 aromatic rings. The molecule has 0 nitrogen and oxygen atoms in total. The van der Waals surface area contributed by atoms with Crippen LogP contribution in [0.15, 0.2) is 42.5 Å². The van der Waals surface area contributed by atoms with Gasteiger partial charge in [-0.25, -0.2) is 4.39 Å². The molecule has 2 heteroatoms. The molecule has 0 amide bonds. The first-order valence-electron chi connectivity index (χ1n) is 4.85. The SMILES string of the molecule is FCc1cccc2c1sc1ccccc12. The first-order valence-corrected chi connectivity index (χ1v) is 5.67. The molecule has 0 saturated heterocycles. The van der Waals surface area contributed by atoms with E-state index in [0.29, 0.717) is 0 Å². The zero-order chi connectivity index (χ0) is 10.3. The smallest absolute Gasteiger partial charge is 0.116 e. The highest BCUT2D eigenvalue weighted by Crippen LogP contribution is 2.35. The largest absolute Gasteiger partial charge is 0.246 e. The van der Waals surface area contributed by atoms with Crippen molar-refractivity contribution < 1.29 is 4.39 Å². The van der Waals surface area contributed by atoms with Gasteiger partial charge in [0.15, 0.2) is 0 Å². The number of hydrogen-bond acceptors (Lipinski definition) is 1. The molecule has 0 saturated carbocycles. The standard InChI is InChI=1S/C13H9FS/c14-8-9-4-3-6-11-10-5-1-2-7-12(10)15-13(9)11/h1-7H,8H2. The van der Waals surface area contributed by atoms with Crippen molar-refractivity contribution >= 4 is 31.5 Å². The molecule has 0 atom stereocenters. The molecule has 0 fully saturated rings. The van der Waals surface area contributed by atoms with Gasteiger partial charge in [-0.1, -0.05) is 36.4 Å². The second kappa shape index (κ2) is 3.31. The van der Waals surface area contributed by atoms with E-state index in [-0.39, 0.29) is 6.67 Å². The Hall–Kier alpha value is -1.41. The van der Waals surface area contributed by atoms with E-state index in [4.69, 9.17) is 0 Å². The topological polar surface area (TPSA) is 0 Å². The van der Waals surface area contributed by atoms with Gasteiger partial charge in [0.05, 0.1) is 0 Å². The highest BCUT2D eigenvalue weighted by Gasteiger charge is 2.07. The van der Waals surface area contributed by atoms with Crippen molar-refractivity contribution in [3.63, 3.8) is 0 Å². The van der Waals surface area contributed by atoms with Crippen LogP contribution in [-0.2, 0) is 6.67 Å². The second-order valence-corrected chi connectivity index (χ2v) is 4.58. The third kappa shape index (κ3) is 1.25. The van der Waals surface area contributed by atoms with Gasteiger partial charge in [-0.15, -0.1) is 11.3 Å². The van der Waals surface area contributed by atoms with Crippen LogP contribution in [0.2, 0.25) is 0 Å². The summed E-state index contributed by atoms with van der Waals surface area (Å²) >= 11 is 1.67. The molecule has 0 radical (unpaired) electrons. The molecular formula is C13H9FS. The van der Waals surface area contributed by atoms with Gasteiger partial charge in [-0.2, -0.15) is 0 Å². The maximum atomic E-state index is 12.8. The lowest BCUT2D eigenvalue weighted by Crippen LogP contribution is -1.76. The molecule has 3 rings (SSSR count). The van der Waals surface area contributed by atoms with Crippen LogP contribution in [0.3, 0.4) is 0 Å². The molecular weight excluding hydrogens is 207 g/mol. The van der Waals surface area contributed by atoms with Crippen LogP contribution < -0.4 is 0 Å². The van der Waals surface area contributed by atoms with Crippen molar-refractivity contribution in [3.05, 3.63) is 48.0 Å². The molecule has 0 aliphatic heterocycles. The lowest BCUT2D eigenvalue weighted by Gasteiger charge is -1.95. The maximum absolute atomic E-state index is 12.8. The number of halogens is 1. The first-order chi connectivity index (χ1) is 7.40. The van der Waals surface area contributed by atoms with Gasteiger partial charge in [-0.3, -0.25) is 0 Å². The number of rotatable bonds is 1. The minimum atomic E-state index is -0.385. The molecule has 15 heavy (non-hydrogen) atoms. The van der Waals surface area contributed by atoms with Crippen molar-refractivity contribution in [2.75, 3.05) is 0 Å². The van der Waals surface area contributed by atoms with Crippen molar-refractivity contribution in [3.8, 4) is 0 Å². The Morgan fingerprint density at radius 2 is 1.73 bits per heavy atom. The van der Waals surface area contributed by atoms with Crippen LogP contribution in [0.25, 0.3) is 20.2 Å². The fourth-order valence-corrected chi connectivity index (χ4v) is 3.11. The summed E-state index contributed by atoms with van der Waals surface area (Å²) in [6, 6.07) is 14.1. The van der Waals surface area contributed by atoms with Gasteiger partial charge >= 0.3 is 0 Å². The van der Waals surface area contributed by atoms with Crippen LogP contribution in [0.5, 0.6) is 0 Å². The van der Waals surface area contributed by atoms with Crippen molar-refractivity contribution in [2.24, 2.45) is 0 Å². The summed E-state index contributed by atoms with van der Waals surface area (Å²) in [5.41, 5.74) is 0.800. The molecule has 0 unspecified atom stereocenters. The van der Waals surface area contributed by atoms with Crippen molar-refractivity contribution in [1.82, 2.24) is 0 Å². The first kappa shape index (κ1) is 8.86. The van der Waals surface area contributed by atoms with E-state index >= 15 is 0 Å². The molecule has 0 bridgehead atoms. The lowest BCUT2D eigenvalue weighted by molar-refractivity contribution is 0.488. The normalized spacial score (nSPS) is 11.3. The van der Waals surface area contributed by atoms with Gasteiger partial charge in [-0.05, 0) is 6.07 Å². The summed E-state index contributed by atoms with van der Waals surface area (Å²) < 4.78 is 15.1. The van der Waals surface area contributed by atoms with Crippen LogP contribution in [-0.4, -0.2) is 0 Å². The van der Waals surface area contributed by atoms with E-state index in [0.717, 1.165) is 10.3 Å². The molecule has 0 spiro atoms. The van der Waals surface area contributed by atoms with Gasteiger partial charge < -0.3 is 0 Å². The average Bonchev–Trinajstić information content (AvgIpc) is 2.67. The Morgan fingerprint density at radius 3 is 2.60 bits per heavy atom. The summed E-state index contributed by atoms with van der Waals surface area (Å²) in [6.07, 6.45) is 0. The van der Waals surface area contributed by atoms with Crippen LogP contribution in [0.4, 0.5) is 4.39 Å². The molecule has 1 aromatic heterocycles. The Labute approximate surface area is 91.0 Å². The minimum Gasteiger partial charge on any atom is -0.246 e. The summed E-state index contributed by atoms with van der Waals surface area (Å²) in [5, 5.41) is 2.40. The van der Waals surface area contributed by atoms with Crippen LogP contribution in [0.1, 0.15) is 5.56 Å². The van der Waals surface area contributed by atoms with E-state index in [1.54, 1.807) is 11.3 Å². The zero-order valence-corrected chi connectivity index (χ0v) is 8.85. The molecule has 1 heterocycles. The number of thiophene rings is 1. The predicted molar refractivity (Wildman–Crippen MR) is 64.1 cm³/mol. The van der Waals surface area contributed by atoms with Gasteiger partial charge in [0.2, 0.25) is 0 Å². The molecule has 0 aliphatic rings. The summed E-state index contributed by atoms with van der Waals surface area (Å²) in [4.78, 5) is 0. The fraction of sp³-hybridized carbons (Fsp3) is 0.0769. The zero-order valence-electron chi connectivity index (χ0n) is 8.03. The third-order valence-corrected chi connectivity index (χ3v) is 3.89. The molecule has 0 aliphatic carbocycles. The van der Waals surface area contributed by atoms with E-state index in [2.05, 4.69) is 18.2 Å². The van der Waals surface area contributed by atoms with E-state index in [1.807, 2.05) is 24.3 Å². The minimum absolute atomic E-state index is 0.385. The van der Waals surface area contributed by atoms with E-state index in [9.17, 15) is 4.39 Å². The summed E-state index contributed by atoms with van der Waals surface area (Å²) in [6.45, 7) is -0.385. The van der Waals surface area contributed by atoms with E-state index < -0.39 is 0 Å². The monoisotopic (exact) mass is 216 g/mol. The molecule has 74 valence electrons. The van der Waals surface area contributed by atoms with Crippen LogP contribution >= 0.6 is 11.3 Å². The third-order valence-electron chi connectivity index (χ3n) is 2.63. The van der Waals surface area contributed by atoms with Crippen LogP contribution in [0, 0.1) is 0 Å². The van der Waals surface area contributed by atoms with E-state index in [1.165, 1.54) is 15.5 Å². The Morgan fingerprint density at radius 1 is 0.933 bits per heavy atom. The maximum Gasteiger partial charge on any atom is 0.116 e. The summed E-state index contributed by atoms with van der Waals surface area (Å²) in [7, 11) is 0. The Balaban J connectivity index is 2.53. The number of alkyl halides is 1. The lowest BCUT2D eigenvalue weighted by atomic mass is 10.1. The second-order valence-electron chi connectivity index (χ2n) is 3.53. The van der Waals surface area contributed by atoms with Crippen molar-refractivity contribution in [1.29, 1.82) is 0 Å². The number of fused-ring (bicyclic) bond motifs is 3. The highest BCUT2D eigenvalue weighted by atomic mass is 32.1. The highest BCUT2D eigenvalue weighted by molar-refractivity contribution is 7.26. The fourth-order valence-electron chi connectivity index (χ4n) is 1.91. The van der Waals surface area contributed by atoms with Gasteiger partial charge in [0.25, 0.3) is 0 Å². The Kier molecular flexibility index (Phi) is 1.96. The van der Waals surface area contributed by atoms with Gasteiger partial charge in [0.1, 0.15) is 6.67 Å². The van der Waals surface area contributed by atoms with Crippen molar-refractivity contribution in [2.45, 2.75) is 6.67 Å². The number of benzene rings is 2. The summed E-state index contributed by atoms with van der Waals surface area (Å²) in [5.74, 6) is 0. The quantitative estimate of drug-likeness (QED) is 0.561. The predicted octanol–water partition coefficient (Wildman–Crippen LogP) is 4.52. The number of hydrogen-bond donors (Lipinski definition) is 0. The Bertz CT molecular complexity index is 625. The molecule has 0 N–H and O–H groups in total. The van der Waals surface area contributed by atoms with Gasteiger partial charge in [0, 0.05) is 25.7 Å².